The average molecular weight is 325 g/mol. The minimum absolute atomic E-state index is 0.0433. The van der Waals surface area contributed by atoms with E-state index < -0.39 is 0 Å². The molecular formula is C20H23NO3. The number of hydrogen-bond acceptors (Lipinski definition) is 4. The smallest absolute Gasteiger partial charge is 0.123 e. The Bertz CT molecular complexity index is 728. The first-order valence-corrected chi connectivity index (χ1v) is 8.45. The fourth-order valence-corrected chi connectivity index (χ4v) is 3.73. The van der Waals surface area contributed by atoms with E-state index in [-0.39, 0.29) is 5.54 Å². The van der Waals surface area contributed by atoms with Crippen molar-refractivity contribution in [3.8, 4) is 17.2 Å². The van der Waals surface area contributed by atoms with Crippen LogP contribution in [0.4, 0.5) is 0 Å². The molecule has 2 heterocycles. The third-order valence-electron chi connectivity index (χ3n) is 5.18. The molecule has 2 aromatic carbocycles. The normalized spacial score (nSPS) is 24.7. The second kappa shape index (κ2) is 6.02. The molecule has 0 bridgehead atoms. The van der Waals surface area contributed by atoms with E-state index in [9.17, 15) is 0 Å². The summed E-state index contributed by atoms with van der Waals surface area (Å²) >= 11 is 0. The lowest BCUT2D eigenvalue weighted by Gasteiger charge is -2.37. The predicted molar refractivity (Wildman–Crippen MR) is 93.0 cm³/mol. The van der Waals surface area contributed by atoms with Crippen molar-refractivity contribution in [1.82, 2.24) is 5.32 Å². The summed E-state index contributed by atoms with van der Waals surface area (Å²) in [5.41, 5.74) is 2.43. The highest BCUT2D eigenvalue weighted by Gasteiger charge is 2.44. The predicted octanol–water partition coefficient (Wildman–Crippen LogP) is 3.50. The number of hydrogen-bond donors (Lipinski definition) is 1. The van der Waals surface area contributed by atoms with E-state index in [4.69, 9.17) is 14.2 Å². The Kier molecular flexibility index (Phi) is 3.85. The Morgan fingerprint density at radius 1 is 1.17 bits per heavy atom. The Morgan fingerprint density at radius 3 is 2.75 bits per heavy atom. The fourth-order valence-electron chi connectivity index (χ4n) is 3.73. The van der Waals surface area contributed by atoms with Crippen molar-refractivity contribution in [3.63, 3.8) is 0 Å². The number of methoxy groups -OCH3 is 1. The van der Waals surface area contributed by atoms with Gasteiger partial charge in [0.15, 0.2) is 0 Å². The number of rotatable bonds is 4. The average Bonchev–Trinajstić information content (AvgIpc) is 3.02. The maximum absolute atomic E-state index is 6.00. The summed E-state index contributed by atoms with van der Waals surface area (Å²) in [6.45, 7) is 4.57. The lowest BCUT2D eigenvalue weighted by Crippen LogP contribution is -2.48. The molecule has 0 radical (unpaired) electrons. The molecule has 1 saturated heterocycles. The molecule has 126 valence electrons. The van der Waals surface area contributed by atoms with Crippen LogP contribution in [0.3, 0.4) is 0 Å². The molecule has 0 aliphatic carbocycles. The van der Waals surface area contributed by atoms with Crippen molar-refractivity contribution < 1.29 is 14.2 Å². The van der Waals surface area contributed by atoms with Crippen LogP contribution in [0.5, 0.6) is 17.2 Å². The van der Waals surface area contributed by atoms with Crippen LogP contribution in [0.15, 0.2) is 42.5 Å². The SMILES string of the molecule is COc1ccc(COc2ccc3c(c2)[C@@H]2CCN[C@]2(C)CO3)cc1. The van der Waals surface area contributed by atoms with E-state index in [2.05, 4.69) is 18.3 Å². The van der Waals surface area contributed by atoms with Gasteiger partial charge in [-0.3, -0.25) is 0 Å². The molecule has 24 heavy (non-hydrogen) atoms. The Hall–Kier alpha value is -2.20. The zero-order chi connectivity index (χ0) is 16.6. The van der Waals surface area contributed by atoms with Crippen LogP contribution in [-0.2, 0) is 6.61 Å². The molecule has 1 fully saturated rings. The summed E-state index contributed by atoms with van der Waals surface area (Å²) in [5, 5.41) is 3.59. The molecule has 0 spiro atoms. The molecule has 0 unspecified atom stereocenters. The molecule has 0 saturated carbocycles. The Morgan fingerprint density at radius 2 is 1.96 bits per heavy atom. The lowest BCUT2D eigenvalue weighted by atomic mass is 9.80. The standard InChI is InChI=1S/C20H23NO3/c1-20-13-24-19-8-7-16(11-17(19)18(20)9-10-21-20)23-12-14-3-5-15(22-2)6-4-14/h3-8,11,18,21H,9-10,12-13H2,1-2H3/t18-,20+/m0/s1. The van der Waals surface area contributed by atoms with Crippen molar-refractivity contribution in [2.75, 3.05) is 20.3 Å². The summed E-state index contributed by atoms with van der Waals surface area (Å²) in [5.74, 6) is 3.24. The molecule has 2 aliphatic heterocycles. The third-order valence-corrected chi connectivity index (χ3v) is 5.18. The molecule has 1 N–H and O–H groups in total. The second-order valence-electron chi connectivity index (χ2n) is 6.81. The van der Waals surface area contributed by atoms with E-state index in [0.29, 0.717) is 12.5 Å². The van der Waals surface area contributed by atoms with Crippen molar-refractivity contribution >= 4 is 0 Å². The van der Waals surface area contributed by atoms with E-state index in [0.717, 1.165) is 42.4 Å². The zero-order valence-electron chi connectivity index (χ0n) is 14.2. The number of fused-ring (bicyclic) bond motifs is 3. The summed E-state index contributed by atoms with van der Waals surface area (Å²) < 4.78 is 17.1. The summed E-state index contributed by atoms with van der Waals surface area (Å²) in [4.78, 5) is 0. The number of ether oxygens (including phenoxy) is 3. The van der Waals surface area contributed by atoms with Gasteiger partial charge in [0.1, 0.15) is 30.5 Å². The largest absolute Gasteiger partial charge is 0.497 e. The van der Waals surface area contributed by atoms with Crippen LogP contribution in [0, 0.1) is 0 Å². The fraction of sp³-hybridized carbons (Fsp3) is 0.400. The first kappa shape index (κ1) is 15.3. The van der Waals surface area contributed by atoms with Gasteiger partial charge in [-0.05, 0) is 55.8 Å². The highest BCUT2D eigenvalue weighted by atomic mass is 16.5. The van der Waals surface area contributed by atoms with Gasteiger partial charge in [0, 0.05) is 11.5 Å². The van der Waals surface area contributed by atoms with Crippen molar-refractivity contribution in [2.45, 2.75) is 31.4 Å². The minimum atomic E-state index is 0.0433. The van der Waals surface area contributed by atoms with Gasteiger partial charge >= 0.3 is 0 Å². The van der Waals surface area contributed by atoms with Crippen molar-refractivity contribution in [3.05, 3.63) is 53.6 Å². The van der Waals surface area contributed by atoms with Gasteiger partial charge in [-0.1, -0.05) is 12.1 Å². The van der Waals surface area contributed by atoms with Crippen LogP contribution < -0.4 is 19.5 Å². The molecular weight excluding hydrogens is 302 g/mol. The van der Waals surface area contributed by atoms with Crippen molar-refractivity contribution in [1.29, 1.82) is 0 Å². The maximum Gasteiger partial charge on any atom is 0.123 e. The monoisotopic (exact) mass is 325 g/mol. The summed E-state index contributed by atoms with van der Waals surface area (Å²) in [6, 6.07) is 14.1. The highest BCUT2D eigenvalue weighted by Crippen LogP contribution is 2.45. The van der Waals surface area contributed by atoms with Crippen LogP contribution >= 0.6 is 0 Å². The van der Waals surface area contributed by atoms with Crippen LogP contribution in [0.25, 0.3) is 0 Å². The van der Waals surface area contributed by atoms with Crippen molar-refractivity contribution in [2.24, 2.45) is 0 Å². The van der Waals surface area contributed by atoms with Gasteiger partial charge in [0.25, 0.3) is 0 Å². The van der Waals surface area contributed by atoms with E-state index >= 15 is 0 Å². The lowest BCUT2D eigenvalue weighted by molar-refractivity contribution is 0.170. The van der Waals surface area contributed by atoms with Gasteiger partial charge in [-0.25, -0.2) is 0 Å². The first-order chi connectivity index (χ1) is 11.7. The molecule has 2 atom stereocenters. The van der Waals surface area contributed by atoms with Gasteiger partial charge in [0.2, 0.25) is 0 Å². The Balaban J connectivity index is 1.51. The minimum Gasteiger partial charge on any atom is -0.497 e. The topological polar surface area (TPSA) is 39.7 Å². The zero-order valence-corrected chi connectivity index (χ0v) is 14.2. The Labute approximate surface area is 142 Å². The second-order valence-corrected chi connectivity index (χ2v) is 6.81. The summed E-state index contributed by atoms with van der Waals surface area (Å²) in [6.07, 6.45) is 1.15. The van der Waals surface area contributed by atoms with Crippen LogP contribution in [0.2, 0.25) is 0 Å². The van der Waals surface area contributed by atoms with Gasteiger partial charge in [-0.2, -0.15) is 0 Å². The molecule has 2 aromatic rings. The van der Waals surface area contributed by atoms with Gasteiger partial charge in [-0.15, -0.1) is 0 Å². The van der Waals surface area contributed by atoms with E-state index in [1.54, 1.807) is 7.11 Å². The number of benzene rings is 2. The van der Waals surface area contributed by atoms with E-state index in [1.165, 1.54) is 5.56 Å². The van der Waals surface area contributed by atoms with Crippen LogP contribution in [0.1, 0.15) is 30.4 Å². The molecule has 2 aliphatic rings. The van der Waals surface area contributed by atoms with Gasteiger partial charge in [0.05, 0.1) is 12.6 Å². The first-order valence-electron chi connectivity index (χ1n) is 8.45. The molecule has 4 nitrogen and oxygen atoms in total. The molecule has 0 amide bonds. The quantitative estimate of drug-likeness (QED) is 0.934. The highest BCUT2D eigenvalue weighted by molar-refractivity contribution is 5.46. The van der Waals surface area contributed by atoms with Crippen LogP contribution in [-0.4, -0.2) is 25.8 Å². The number of nitrogens with one attached hydrogen (secondary N) is 1. The molecule has 4 rings (SSSR count). The van der Waals surface area contributed by atoms with E-state index in [1.807, 2.05) is 36.4 Å². The maximum atomic E-state index is 6.00. The third kappa shape index (κ3) is 2.71. The van der Waals surface area contributed by atoms with Gasteiger partial charge < -0.3 is 19.5 Å². The molecule has 0 aromatic heterocycles. The summed E-state index contributed by atoms with van der Waals surface area (Å²) in [7, 11) is 1.67. The molecule has 4 heteroatoms.